The molecular weight excluding hydrogens is 384 g/mol. The third kappa shape index (κ3) is 4.45. The minimum Gasteiger partial charge on any atom is -0.481 e. The Morgan fingerprint density at radius 3 is 2.68 bits per heavy atom. The lowest BCUT2D eigenvalue weighted by Crippen LogP contribution is -2.30. The van der Waals surface area contributed by atoms with Crippen molar-refractivity contribution in [3.8, 4) is 17.1 Å². The van der Waals surface area contributed by atoms with Crippen molar-refractivity contribution >= 4 is 27.5 Å². The first kappa shape index (κ1) is 17.2. The predicted molar refractivity (Wildman–Crippen MR) is 99.4 cm³/mol. The quantitative estimate of drug-likeness (QED) is 0.679. The molecule has 0 aliphatic rings. The number of aromatic nitrogens is 3. The summed E-state index contributed by atoms with van der Waals surface area (Å²) in [5.74, 6) is 1.73. The first-order valence-corrected chi connectivity index (χ1v) is 8.53. The molecule has 1 amide bonds. The molecule has 1 atom stereocenters. The van der Waals surface area contributed by atoms with Gasteiger partial charge in [0.05, 0.1) is 0 Å². The van der Waals surface area contributed by atoms with Gasteiger partial charge in [-0.25, -0.2) is 4.98 Å². The molecule has 0 aliphatic heterocycles. The Labute approximate surface area is 153 Å². The van der Waals surface area contributed by atoms with Crippen LogP contribution in [0.2, 0.25) is 0 Å². The molecule has 0 fully saturated rings. The van der Waals surface area contributed by atoms with Gasteiger partial charge in [0.1, 0.15) is 11.6 Å². The molecule has 0 spiro atoms. The summed E-state index contributed by atoms with van der Waals surface area (Å²) in [4.78, 5) is 16.6. The number of nitrogens with zero attached hydrogens (tertiary/aromatic N) is 2. The van der Waals surface area contributed by atoms with Crippen LogP contribution in [-0.2, 0) is 4.79 Å². The Balaban J connectivity index is 1.67. The molecule has 0 aliphatic carbocycles. The molecule has 7 heteroatoms. The molecule has 1 aromatic heterocycles. The summed E-state index contributed by atoms with van der Waals surface area (Å²) in [7, 11) is 0. The topological polar surface area (TPSA) is 79.9 Å². The molecular formula is C18H17BrN4O2. The van der Waals surface area contributed by atoms with Gasteiger partial charge in [-0.15, -0.1) is 0 Å². The molecule has 1 heterocycles. The van der Waals surface area contributed by atoms with Crippen molar-refractivity contribution in [2.75, 3.05) is 5.32 Å². The van der Waals surface area contributed by atoms with E-state index in [9.17, 15) is 4.79 Å². The molecule has 3 rings (SSSR count). The predicted octanol–water partition coefficient (Wildman–Crippen LogP) is 3.95. The van der Waals surface area contributed by atoms with Crippen molar-refractivity contribution in [1.82, 2.24) is 15.2 Å². The van der Waals surface area contributed by atoms with E-state index in [1.54, 1.807) is 19.1 Å². The molecule has 3 aromatic rings. The minimum atomic E-state index is -0.629. The van der Waals surface area contributed by atoms with Gasteiger partial charge in [-0.1, -0.05) is 28.1 Å². The number of benzene rings is 2. The van der Waals surface area contributed by atoms with Crippen LogP contribution in [0.4, 0.5) is 5.69 Å². The number of carbonyl (C=O) groups is 1. The second-order valence-corrected chi connectivity index (χ2v) is 6.44. The van der Waals surface area contributed by atoms with Crippen LogP contribution in [0.5, 0.6) is 5.75 Å². The maximum atomic E-state index is 12.4. The molecule has 1 unspecified atom stereocenters. The van der Waals surface area contributed by atoms with Gasteiger partial charge in [0.15, 0.2) is 11.9 Å². The van der Waals surface area contributed by atoms with Gasteiger partial charge in [0, 0.05) is 15.7 Å². The SMILES string of the molecule is Cc1nc(-c2cccc(NC(=O)C(C)Oc3ccc(Br)cc3)c2)n[nH]1. The van der Waals surface area contributed by atoms with Crippen LogP contribution in [0, 0.1) is 6.92 Å². The average Bonchev–Trinajstić information content (AvgIpc) is 3.03. The molecule has 2 aromatic carbocycles. The Morgan fingerprint density at radius 2 is 2.00 bits per heavy atom. The van der Waals surface area contributed by atoms with E-state index in [1.165, 1.54) is 0 Å². The highest BCUT2D eigenvalue weighted by atomic mass is 79.9. The van der Waals surface area contributed by atoms with E-state index in [0.29, 0.717) is 17.3 Å². The maximum absolute atomic E-state index is 12.4. The van der Waals surface area contributed by atoms with E-state index in [0.717, 1.165) is 15.9 Å². The molecule has 0 radical (unpaired) electrons. The summed E-state index contributed by atoms with van der Waals surface area (Å²) >= 11 is 3.37. The summed E-state index contributed by atoms with van der Waals surface area (Å²) in [6.07, 6.45) is -0.629. The third-order valence-corrected chi connectivity index (χ3v) is 4.01. The van der Waals surface area contributed by atoms with Crippen molar-refractivity contribution in [3.63, 3.8) is 0 Å². The number of ether oxygens (including phenoxy) is 1. The fraction of sp³-hybridized carbons (Fsp3) is 0.167. The summed E-state index contributed by atoms with van der Waals surface area (Å²) < 4.78 is 6.61. The van der Waals surface area contributed by atoms with Gasteiger partial charge < -0.3 is 10.1 Å². The van der Waals surface area contributed by atoms with E-state index >= 15 is 0 Å². The van der Waals surface area contributed by atoms with Gasteiger partial charge in [-0.05, 0) is 50.2 Å². The van der Waals surface area contributed by atoms with Crippen molar-refractivity contribution in [1.29, 1.82) is 0 Å². The lowest BCUT2D eigenvalue weighted by atomic mass is 10.2. The highest BCUT2D eigenvalue weighted by Gasteiger charge is 2.15. The fourth-order valence-electron chi connectivity index (χ4n) is 2.22. The Morgan fingerprint density at radius 1 is 1.24 bits per heavy atom. The number of aryl methyl sites for hydroxylation is 1. The maximum Gasteiger partial charge on any atom is 0.265 e. The zero-order valence-corrected chi connectivity index (χ0v) is 15.4. The number of amides is 1. The van der Waals surface area contributed by atoms with Crippen LogP contribution in [-0.4, -0.2) is 27.2 Å². The summed E-state index contributed by atoms with van der Waals surface area (Å²) in [6.45, 7) is 3.54. The largest absolute Gasteiger partial charge is 0.481 e. The number of H-pyrrole nitrogens is 1. The van der Waals surface area contributed by atoms with Crippen LogP contribution in [0.25, 0.3) is 11.4 Å². The second-order valence-electron chi connectivity index (χ2n) is 5.53. The van der Waals surface area contributed by atoms with Gasteiger partial charge in [0.25, 0.3) is 5.91 Å². The number of aromatic amines is 1. The van der Waals surface area contributed by atoms with Gasteiger partial charge >= 0.3 is 0 Å². The number of carbonyl (C=O) groups excluding carboxylic acids is 1. The first-order chi connectivity index (χ1) is 12.0. The number of nitrogens with one attached hydrogen (secondary N) is 2. The van der Waals surface area contributed by atoms with Crippen molar-refractivity contribution in [2.24, 2.45) is 0 Å². The normalized spacial score (nSPS) is 11.8. The number of hydrogen-bond acceptors (Lipinski definition) is 4. The molecule has 25 heavy (non-hydrogen) atoms. The van der Waals surface area contributed by atoms with Crippen LogP contribution in [0.1, 0.15) is 12.7 Å². The summed E-state index contributed by atoms with van der Waals surface area (Å²) in [5.41, 5.74) is 1.49. The van der Waals surface area contributed by atoms with Crippen LogP contribution in [0.15, 0.2) is 53.0 Å². The van der Waals surface area contributed by atoms with Gasteiger partial charge in [-0.3, -0.25) is 9.89 Å². The van der Waals surface area contributed by atoms with Crippen LogP contribution in [0.3, 0.4) is 0 Å². The lowest BCUT2D eigenvalue weighted by molar-refractivity contribution is -0.122. The van der Waals surface area contributed by atoms with Crippen LogP contribution < -0.4 is 10.1 Å². The zero-order chi connectivity index (χ0) is 17.8. The minimum absolute atomic E-state index is 0.230. The molecule has 0 saturated carbocycles. The molecule has 2 N–H and O–H groups in total. The van der Waals surface area contributed by atoms with Crippen molar-refractivity contribution < 1.29 is 9.53 Å². The molecule has 6 nitrogen and oxygen atoms in total. The van der Waals surface area contributed by atoms with E-state index in [2.05, 4.69) is 36.4 Å². The number of halogens is 1. The molecule has 0 saturated heterocycles. The number of anilines is 1. The van der Waals surface area contributed by atoms with Gasteiger partial charge in [0.2, 0.25) is 0 Å². The van der Waals surface area contributed by atoms with E-state index in [-0.39, 0.29) is 5.91 Å². The third-order valence-electron chi connectivity index (χ3n) is 3.48. The van der Waals surface area contributed by atoms with E-state index in [4.69, 9.17) is 4.74 Å². The van der Waals surface area contributed by atoms with E-state index < -0.39 is 6.10 Å². The second kappa shape index (κ2) is 7.48. The molecule has 128 valence electrons. The first-order valence-electron chi connectivity index (χ1n) is 7.74. The Bertz CT molecular complexity index is 877. The monoisotopic (exact) mass is 400 g/mol. The highest BCUT2D eigenvalue weighted by molar-refractivity contribution is 9.10. The lowest BCUT2D eigenvalue weighted by Gasteiger charge is -2.15. The standard InChI is InChI=1S/C18H17BrN4O2/c1-11(25-16-8-6-14(19)7-9-16)18(24)21-15-5-3-4-13(10-15)17-20-12(2)22-23-17/h3-11H,1-2H3,(H,21,24)(H,20,22,23). The van der Waals surface area contributed by atoms with E-state index in [1.807, 2.05) is 43.3 Å². The highest BCUT2D eigenvalue weighted by Crippen LogP contribution is 2.20. The average molecular weight is 401 g/mol. The fourth-order valence-corrected chi connectivity index (χ4v) is 2.49. The zero-order valence-electron chi connectivity index (χ0n) is 13.8. The number of rotatable bonds is 5. The summed E-state index contributed by atoms with van der Waals surface area (Å²) in [6, 6.07) is 14.7. The Kier molecular flexibility index (Phi) is 5.14. The smallest absolute Gasteiger partial charge is 0.265 e. The molecule has 0 bridgehead atoms. The summed E-state index contributed by atoms with van der Waals surface area (Å²) in [5, 5.41) is 9.78. The number of hydrogen-bond donors (Lipinski definition) is 2. The van der Waals surface area contributed by atoms with Crippen LogP contribution >= 0.6 is 15.9 Å². The Hall–Kier alpha value is -2.67. The van der Waals surface area contributed by atoms with Crippen molar-refractivity contribution in [2.45, 2.75) is 20.0 Å². The van der Waals surface area contributed by atoms with Crippen molar-refractivity contribution in [3.05, 3.63) is 58.8 Å². The van der Waals surface area contributed by atoms with Gasteiger partial charge in [-0.2, -0.15) is 5.10 Å².